The summed E-state index contributed by atoms with van der Waals surface area (Å²) in [4.78, 5) is 47.6. The summed E-state index contributed by atoms with van der Waals surface area (Å²) in [6, 6.07) is -1.39. The molecule has 0 fully saturated rings. The fraction of sp³-hybridized carbons (Fsp3) is 0.796. The van der Waals surface area contributed by atoms with Gasteiger partial charge in [-0.2, -0.15) is 0 Å². The molecular formula is C49H88N2O7. The number of hydrogen-bond donors (Lipinski definition) is 4. The third-order valence-electron chi connectivity index (χ3n) is 10.6. The molecule has 2 atom stereocenters. The summed E-state index contributed by atoms with van der Waals surface area (Å²) in [5.74, 6) is -2.42. The first-order valence-electron chi connectivity index (χ1n) is 23.9. The van der Waals surface area contributed by atoms with Crippen molar-refractivity contribution >= 4 is 23.8 Å². The largest absolute Gasteiger partial charge is 0.480 e. The highest BCUT2D eigenvalue weighted by Crippen LogP contribution is 2.16. The van der Waals surface area contributed by atoms with Crippen molar-refractivity contribution in [2.24, 2.45) is 0 Å². The number of ether oxygens (including phenoxy) is 1. The van der Waals surface area contributed by atoms with Gasteiger partial charge in [-0.3, -0.25) is 14.4 Å². The molecular weight excluding hydrogens is 729 g/mol. The van der Waals surface area contributed by atoms with Crippen LogP contribution in [-0.2, 0) is 23.9 Å². The molecule has 0 aromatic carbocycles. The number of carbonyl (C=O) groups is 4. The lowest BCUT2D eigenvalue weighted by Gasteiger charge is -2.15. The molecule has 0 spiro atoms. The summed E-state index contributed by atoms with van der Waals surface area (Å²) in [6.45, 7) is 3.42. The van der Waals surface area contributed by atoms with Crippen molar-refractivity contribution in [1.29, 1.82) is 0 Å². The van der Waals surface area contributed by atoms with Gasteiger partial charge in [-0.25, -0.2) is 4.79 Å². The highest BCUT2D eigenvalue weighted by atomic mass is 16.5. The first kappa shape index (κ1) is 55.1. The molecule has 0 saturated carbocycles. The van der Waals surface area contributed by atoms with E-state index in [1.807, 2.05) is 6.08 Å². The number of rotatable bonds is 43. The van der Waals surface area contributed by atoms with Crippen LogP contribution in [0, 0.1) is 0 Å². The van der Waals surface area contributed by atoms with Gasteiger partial charge < -0.3 is 25.6 Å². The summed E-state index contributed by atoms with van der Waals surface area (Å²) in [6.07, 6.45) is 50.7. The molecule has 0 bridgehead atoms. The van der Waals surface area contributed by atoms with Crippen molar-refractivity contribution in [2.75, 3.05) is 13.2 Å². The fourth-order valence-electron chi connectivity index (χ4n) is 6.89. The van der Waals surface area contributed by atoms with Gasteiger partial charge in [-0.15, -0.1) is 0 Å². The standard InChI is InChI=1S/C49H88N2O7/c1-3-5-7-9-11-13-14-15-16-17-18-19-20-21-22-23-24-25-26-27-29-31-37-41-48(55)58-44(38-34-30-28-12-10-8-6-4-2)39-35-32-33-36-40-46(53)50-42-47(54)51-45(43-52)49(56)57/h12,17-18,28,34,38,44-45,52H,3-11,13-16,19-27,29-33,35-37,39-43H2,1-2H3,(H,50,53)(H,51,54)(H,56,57)/b18-17-,28-12-,38-34-. The van der Waals surface area contributed by atoms with E-state index >= 15 is 0 Å². The molecule has 0 aromatic rings. The molecule has 9 nitrogen and oxygen atoms in total. The van der Waals surface area contributed by atoms with E-state index in [0.29, 0.717) is 12.8 Å². The number of allylic oxidation sites excluding steroid dienone is 5. The summed E-state index contributed by atoms with van der Waals surface area (Å²) < 4.78 is 5.90. The third kappa shape index (κ3) is 39.9. The molecule has 336 valence electrons. The molecule has 0 aromatic heterocycles. The number of amides is 2. The predicted molar refractivity (Wildman–Crippen MR) is 241 cm³/mol. The summed E-state index contributed by atoms with van der Waals surface area (Å²) in [7, 11) is 0. The van der Waals surface area contributed by atoms with Crippen molar-refractivity contribution in [3.8, 4) is 0 Å². The van der Waals surface area contributed by atoms with Crippen LogP contribution in [0.3, 0.4) is 0 Å². The average Bonchev–Trinajstić information content (AvgIpc) is 3.21. The number of aliphatic hydroxyl groups is 1. The van der Waals surface area contributed by atoms with E-state index in [2.05, 4.69) is 54.9 Å². The molecule has 0 rings (SSSR count). The van der Waals surface area contributed by atoms with Gasteiger partial charge in [0.15, 0.2) is 0 Å². The number of unbranched alkanes of at least 4 members (excludes halogenated alkanes) is 25. The highest BCUT2D eigenvalue weighted by molar-refractivity contribution is 5.87. The van der Waals surface area contributed by atoms with Gasteiger partial charge in [-0.1, -0.05) is 173 Å². The van der Waals surface area contributed by atoms with Gasteiger partial charge >= 0.3 is 11.9 Å². The second-order valence-electron chi connectivity index (χ2n) is 16.2. The Hall–Kier alpha value is -2.94. The van der Waals surface area contributed by atoms with Crippen molar-refractivity contribution in [1.82, 2.24) is 10.6 Å². The molecule has 0 aliphatic rings. The number of hydrogen-bond acceptors (Lipinski definition) is 6. The highest BCUT2D eigenvalue weighted by Gasteiger charge is 2.18. The first-order valence-corrected chi connectivity index (χ1v) is 23.9. The van der Waals surface area contributed by atoms with Gasteiger partial charge in [0.1, 0.15) is 12.1 Å². The zero-order valence-electron chi connectivity index (χ0n) is 37.3. The van der Waals surface area contributed by atoms with Gasteiger partial charge in [-0.05, 0) is 76.7 Å². The van der Waals surface area contributed by atoms with Crippen molar-refractivity contribution in [3.05, 3.63) is 36.5 Å². The molecule has 2 unspecified atom stereocenters. The van der Waals surface area contributed by atoms with Crippen LogP contribution in [0.15, 0.2) is 36.5 Å². The van der Waals surface area contributed by atoms with Crippen molar-refractivity contribution in [3.63, 3.8) is 0 Å². The van der Waals surface area contributed by atoms with Gasteiger partial charge in [0.05, 0.1) is 13.2 Å². The number of aliphatic carboxylic acids is 1. The van der Waals surface area contributed by atoms with Crippen molar-refractivity contribution < 1.29 is 34.1 Å². The topological polar surface area (TPSA) is 142 Å². The van der Waals surface area contributed by atoms with Crippen LogP contribution in [-0.4, -0.2) is 59.3 Å². The van der Waals surface area contributed by atoms with Gasteiger partial charge in [0.25, 0.3) is 0 Å². The van der Waals surface area contributed by atoms with Crippen molar-refractivity contribution in [2.45, 2.75) is 238 Å². The van der Waals surface area contributed by atoms with E-state index in [1.165, 1.54) is 141 Å². The number of esters is 1. The average molecular weight is 817 g/mol. The Labute approximate surface area is 355 Å². The number of carbonyl (C=O) groups excluding carboxylic acids is 3. The normalized spacial score (nSPS) is 12.7. The number of nitrogens with one attached hydrogen (secondary N) is 2. The summed E-state index contributed by atoms with van der Waals surface area (Å²) >= 11 is 0. The first-order chi connectivity index (χ1) is 28.3. The van der Waals surface area contributed by atoms with Crippen LogP contribution < -0.4 is 10.6 Å². The lowest BCUT2D eigenvalue weighted by Crippen LogP contribution is -2.47. The minimum Gasteiger partial charge on any atom is -0.480 e. The zero-order valence-corrected chi connectivity index (χ0v) is 37.3. The Balaban J connectivity index is 4.11. The zero-order chi connectivity index (χ0) is 42.6. The quantitative estimate of drug-likeness (QED) is 0.0273. The SMILES string of the molecule is CCCCC/C=C\C/C=C\C(CCCCCCC(=O)NCC(=O)NC(CO)C(=O)O)OC(=O)CCCCCCCCCCCCC/C=C\CCCCCCCCCC. The third-order valence-corrected chi connectivity index (χ3v) is 10.6. The van der Waals surface area contributed by atoms with Crippen LogP contribution in [0.1, 0.15) is 226 Å². The molecule has 9 heteroatoms. The van der Waals surface area contributed by atoms with Gasteiger partial charge in [0, 0.05) is 12.8 Å². The Bertz CT molecular complexity index is 1070. The van der Waals surface area contributed by atoms with Gasteiger partial charge in [0.2, 0.25) is 11.8 Å². The van der Waals surface area contributed by atoms with Crippen LogP contribution in [0.4, 0.5) is 0 Å². The minimum absolute atomic E-state index is 0.127. The molecule has 2 amide bonds. The second-order valence-corrected chi connectivity index (χ2v) is 16.2. The maximum atomic E-state index is 12.7. The van der Waals surface area contributed by atoms with Crippen LogP contribution in [0.5, 0.6) is 0 Å². The van der Waals surface area contributed by atoms with E-state index in [-0.39, 0.29) is 30.9 Å². The maximum Gasteiger partial charge on any atom is 0.328 e. The lowest BCUT2D eigenvalue weighted by atomic mass is 10.0. The molecule has 4 N–H and O–H groups in total. The Morgan fingerprint density at radius 3 is 1.52 bits per heavy atom. The van der Waals surface area contributed by atoms with E-state index < -0.39 is 24.5 Å². The van der Waals surface area contributed by atoms with Crippen LogP contribution >= 0.6 is 0 Å². The van der Waals surface area contributed by atoms with E-state index in [4.69, 9.17) is 14.9 Å². The molecule has 0 radical (unpaired) electrons. The van der Waals surface area contributed by atoms with E-state index in [1.54, 1.807) is 0 Å². The molecule has 0 saturated heterocycles. The maximum absolute atomic E-state index is 12.7. The molecule has 0 aliphatic heterocycles. The smallest absolute Gasteiger partial charge is 0.328 e. The van der Waals surface area contributed by atoms with Crippen LogP contribution in [0.25, 0.3) is 0 Å². The lowest BCUT2D eigenvalue weighted by molar-refractivity contribution is -0.147. The summed E-state index contributed by atoms with van der Waals surface area (Å²) in [5.41, 5.74) is 0. The predicted octanol–water partition coefficient (Wildman–Crippen LogP) is 12.2. The van der Waals surface area contributed by atoms with E-state index in [9.17, 15) is 19.2 Å². The number of aliphatic hydroxyl groups excluding tert-OH is 1. The monoisotopic (exact) mass is 817 g/mol. The fourth-order valence-corrected chi connectivity index (χ4v) is 6.89. The molecule has 0 heterocycles. The Kier molecular flexibility index (Phi) is 41.4. The second kappa shape index (κ2) is 43.6. The minimum atomic E-state index is -1.39. The Morgan fingerprint density at radius 2 is 0.983 bits per heavy atom. The summed E-state index contributed by atoms with van der Waals surface area (Å²) in [5, 5.41) is 22.6. The Morgan fingerprint density at radius 1 is 0.534 bits per heavy atom. The van der Waals surface area contributed by atoms with Crippen LogP contribution in [0.2, 0.25) is 0 Å². The molecule has 58 heavy (non-hydrogen) atoms. The molecule has 0 aliphatic carbocycles. The number of carboxylic acid groups (broad SMARTS) is 1. The van der Waals surface area contributed by atoms with E-state index in [0.717, 1.165) is 51.4 Å². The number of carboxylic acids is 1.